The number of aromatic nitrogens is 4. The fourth-order valence-electron chi connectivity index (χ4n) is 5.06. The molecule has 10 heteroatoms. The maximum Gasteiger partial charge on any atom is 0.339 e. The molecule has 0 saturated carbocycles. The standard InChI is InChI=1S/C26H31N7O3/c1-18-13-31(23-8-7-20(12-28-23)26(35)36-3)14-19(2)32(18)17-25(34)30-11-9-22-21(15-30)16-33(29-22)24-6-4-5-10-27-24/h4-8,10,12,16,18-19H,9,11,13-15,17H2,1-3H3. The molecule has 0 N–H and O–H groups in total. The number of carbonyl (C=O) groups is 2. The first-order chi connectivity index (χ1) is 17.4. The molecule has 1 amide bonds. The maximum absolute atomic E-state index is 13.3. The minimum Gasteiger partial charge on any atom is -0.465 e. The van der Waals surface area contributed by atoms with Gasteiger partial charge in [-0.15, -0.1) is 0 Å². The number of amides is 1. The second-order valence-electron chi connectivity index (χ2n) is 9.47. The van der Waals surface area contributed by atoms with Gasteiger partial charge >= 0.3 is 5.97 Å². The molecule has 2 unspecified atom stereocenters. The summed E-state index contributed by atoms with van der Waals surface area (Å²) >= 11 is 0. The zero-order valence-corrected chi connectivity index (χ0v) is 20.9. The average Bonchev–Trinajstić information content (AvgIpc) is 3.34. The highest BCUT2D eigenvalue weighted by molar-refractivity contribution is 5.89. The Morgan fingerprint density at radius 1 is 1.06 bits per heavy atom. The van der Waals surface area contributed by atoms with Crippen molar-refractivity contribution in [1.82, 2.24) is 29.5 Å². The Hall–Kier alpha value is -3.79. The largest absolute Gasteiger partial charge is 0.465 e. The van der Waals surface area contributed by atoms with Crippen LogP contribution in [0.25, 0.3) is 5.82 Å². The van der Waals surface area contributed by atoms with Gasteiger partial charge in [0.2, 0.25) is 5.91 Å². The van der Waals surface area contributed by atoms with Gasteiger partial charge in [-0.3, -0.25) is 9.69 Å². The number of methoxy groups -OCH3 is 1. The molecule has 0 aromatic carbocycles. The van der Waals surface area contributed by atoms with Crippen molar-refractivity contribution in [2.75, 3.05) is 38.2 Å². The normalized spacial score (nSPS) is 20.2. The molecule has 1 fully saturated rings. The van der Waals surface area contributed by atoms with Crippen LogP contribution in [0.2, 0.25) is 0 Å². The molecule has 5 heterocycles. The molecule has 1 saturated heterocycles. The average molecular weight is 490 g/mol. The SMILES string of the molecule is COC(=O)c1ccc(N2CC(C)N(CC(=O)N3CCc4nn(-c5ccccn5)cc4C3)C(C)C2)nc1. The third-order valence-corrected chi connectivity index (χ3v) is 7.01. The van der Waals surface area contributed by atoms with Crippen LogP contribution in [0.4, 0.5) is 5.82 Å². The molecule has 3 aromatic heterocycles. The summed E-state index contributed by atoms with van der Waals surface area (Å²) in [5.41, 5.74) is 2.54. The molecule has 2 aliphatic heterocycles. The minimum absolute atomic E-state index is 0.138. The van der Waals surface area contributed by atoms with E-state index >= 15 is 0 Å². The van der Waals surface area contributed by atoms with Crippen molar-refractivity contribution < 1.29 is 14.3 Å². The highest BCUT2D eigenvalue weighted by atomic mass is 16.5. The van der Waals surface area contributed by atoms with Crippen LogP contribution in [0, 0.1) is 0 Å². The molecular weight excluding hydrogens is 458 g/mol. The van der Waals surface area contributed by atoms with Crippen LogP contribution in [0.5, 0.6) is 0 Å². The molecule has 0 radical (unpaired) electrons. The number of piperazine rings is 1. The van der Waals surface area contributed by atoms with Crippen LogP contribution in [0.3, 0.4) is 0 Å². The van der Waals surface area contributed by atoms with Crippen LogP contribution in [0.1, 0.15) is 35.5 Å². The summed E-state index contributed by atoms with van der Waals surface area (Å²) in [6.45, 7) is 7.42. The smallest absolute Gasteiger partial charge is 0.339 e. The lowest BCUT2D eigenvalue weighted by Crippen LogP contribution is -2.59. The monoisotopic (exact) mass is 489 g/mol. The fourth-order valence-corrected chi connectivity index (χ4v) is 5.06. The molecule has 2 aliphatic rings. The van der Waals surface area contributed by atoms with Gasteiger partial charge in [0.1, 0.15) is 5.82 Å². The Balaban J connectivity index is 1.20. The first-order valence-corrected chi connectivity index (χ1v) is 12.2. The van der Waals surface area contributed by atoms with E-state index in [4.69, 9.17) is 4.74 Å². The van der Waals surface area contributed by atoms with Crippen molar-refractivity contribution in [3.8, 4) is 5.82 Å². The summed E-state index contributed by atoms with van der Waals surface area (Å²) in [4.78, 5) is 40.2. The van der Waals surface area contributed by atoms with Crippen LogP contribution >= 0.6 is 0 Å². The van der Waals surface area contributed by atoms with Gasteiger partial charge in [0, 0.05) is 68.8 Å². The summed E-state index contributed by atoms with van der Waals surface area (Å²) in [7, 11) is 1.36. The number of hydrogen-bond donors (Lipinski definition) is 0. The molecule has 0 spiro atoms. The molecule has 5 rings (SSSR count). The number of esters is 1. The van der Waals surface area contributed by atoms with E-state index in [2.05, 4.69) is 38.7 Å². The highest BCUT2D eigenvalue weighted by Crippen LogP contribution is 2.23. The van der Waals surface area contributed by atoms with Crippen LogP contribution in [-0.4, -0.2) is 86.8 Å². The van der Waals surface area contributed by atoms with E-state index in [1.165, 1.54) is 7.11 Å². The molecule has 188 valence electrons. The van der Waals surface area contributed by atoms with Crippen molar-refractivity contribution in [3.05, 3.63) is 65.7 Å². The number of ether oxygens (including phenoxy) is 1. The molecule has 10 nitrogen and oxygen atoms in total. The van der Waals surface area contributed by atoms with Gasteiger partial charge in [0.25, 0.3) is 0 Å². The molecule has 36 heavy (non-hydrogen) atoms. The van der Waals surface area contributed by atoms with Gasteiger partial charge in [0.15, 0.2) is 5.82 Å². The Morgan fingerprint density at radius 3 is 2.53 bits per heavy atom. The summed E-state index contributed by atoms with van der Waals surface area (Å²) in [6, 6.07) is 9.68. The summed E-state index contributed by atoms with van der Waals surface area (Å²) in [5.74, 6) is 1.34. The molecule has 2 atom stereocenters. The lowest BCUT2D eigenvalue weighted by atomic mass is 10.1. The second kappa shape index (κ2) is 10.1. The third kappa shape index (κ3) is 4.81. The van der Waals surface area contributed by atoms with Crippen LogP contribution in [-0.2, 0) is 22.5 Å². The number of nitrogens with zero attached hydrogens (tertiary/aromatic N) is 7. The van der Waals surface area contributed by atoms with Crippen molar-refractivity contribution >= 4 is 17.7 Å². The molecule has 0 bridgehead atoms. The molecular formula is C26H31N7O3. The second-order valence-corrected chi connectivity index (χ2v) is 9.47. The van der Waals surface area contributed by atoms with E-state index in [-0.39, 0.29) is 18.0 Å². The van der Waals surface area contributed by atoms with Gasteiger partial charge in [-0.05, 0) is 38.1 Å². The van der Waals surface area contributed by atoms with E-state index in [0.29, 0.717) is 25.2 Å². The van der Waals surface area contributed by atoms with E-state index in [0.717, 1.165) is 42.4 Å². The number of pyridine rings is 2. The number of anilines is 1. The Kier molecular flexibility index (Phi) is 6.69. The van der Waals surface area contributed by atoms with Gasteiger partial charge in [-0.1, -0.05) is 6.07 Å². The first-order valence-electron chi connectivity index (χ1n) is 12.2. The summed E-state index contributed by atoms with van der Waals surface area (Å²) in [5, 5.41) is 4.68. The van der Waals surface area contributed by atoms with Crippen LogP contribution in [0.15, 0.2) is 48.9 Å². The van der Waals surface area contributed by atoms with Crippen molar-refractivity contribution in [3.63, 3.8) is 0 Å². The summed E-state index contributed by atoms with van der Waals surface area (Å²) < 4.78 is 6.55. The van der Waals surface area contributed by atoms with Crippen LogP contribution < -0.4 is 4.90 Å². The predicted octanol–water partition coefficient (Wildman–Crippen LogP) is 1.93. The molecule has 3 aromatic rings. The number of carbonyl (C=O) groups excluding carboxylic acids is 2. The van der Waals surface area contributed by atoms with Gasteiger partial charge in [0.05, 0.1) is 24.9 Å². The number of rotatable bonds is 5. The van der Waals surface area contributed by atoms with E-state index in [1.807, 2.05) is 35.4 Å². The predicted molar refractivity (Wildman–Crippen MR) is 134 cm³/mol. The van der Waals surface area contributed by atoms with Gasteiger partial charge in [-0.2, -0.15) is 5.10 Å². The lowest BCUT2D eigenvalue weighted by molar-refractivity contribution is -0.134. The topological polar surface area (TPSA) is 96.7 Å². The highest BCUT2D eigenvalue weighted by Gasteiger charge is 2.33. The third-order valence-electron chi connectivity index (χ3n) is 7.01. The zero-order chi connectivity index (χ0) is 25.2. The van der Waals surface area contributed by atoms with E-state index < -0.39 is 5.97 Å². The van der Waals surface area contributed by atoms with Crippen molar-refractivity contribution in [2.24, 2.45) is 0 Å². The van der Waals surface area contributed by atoms with Gasteiger partial charge in [-0.25, -0.2) is 19.4 Å². The minimum atomic E-state index is -0.395. The number of fused-ring (bicyclic) bond motifs is 1. The van der Waals surface area contributed by atoms with E-state index in [1.54, 1.807) is 23.1 Å². The Labute approximate surface area is 210 Å². The maximum atomic E-state index is 13.3. The fraction of sp³-hybridized carbons (Fsp3) is 0.423. The van der Waals surface area contributed by atoms with Crippen molar-refractivity contribution in [1.29, 1.82) is 0 Å². The quantitative estimate of drug-likeness (QED) is 0.502. The Bertz CT molecular complexity index is 1220. The van der Waals surface area contributed by atoms with E-state index in [9.17, 15) is 9.59 Å². The zero-order valence-electron chi connectivity index (χ0n) is 20.9. The first kappa shape index (κ1) is 23.9. The lowest BCUT2D eigenvalue weighted by Gasteiger charge is -2.45. The number of hydrogen-bond acceptors (Lipinski definition) is 8. The van der Waals surface area contributed by atoms with Crippen molar-refractivity contribution in [2.45, 2.75) is 38.9 Å². The Morgan fingerprint density at radius 2 is 1.86 bits per heavy atom. The molecule has 0 aliphatic carbocycles. The van der Waals surface area contributed by atoms with Gasteiger partial charge < -0.3 is 14.5 Å². The summed E-state index contributed by atoms with van der Waals surface area (Å²) in [6.07, 6.45) is 6.03.